The van der Waals surface area contributed by atoms with E-state index in [0.29, 0.717) is 48.6 Å². The molecule has 10 heteroatoms. The van der Waals surface area contributed by atoms with Gasteiger partial charge < -0.3 is 25.4 Å². The number of hydrogen-bond acceptors (Lipinski definition) is 5. The fourth-order valence-electron chi connectivity index (χ4n) is 6.05. The van der Waals surface area contributed by atoms with Crippen molar-refractivity contribution in [2.45, 2.75) is 48.3 Å². The smallest absolute Gasteiger partial charge is 0.250 e. The summed E-state index contributed by atoms with van der Waals surface area (Å²) in [7, 11) is 0. The normalized spacial score (nSPS) is 29.9. The summed E-state index contributed by atoms with van der Waals surface area (Å²) in [6, 6.07) is 15.1. The lowest BCUT2D eigenvalue weighted by molar-refractivity contribution is -0.139. The SMILES string of the molecule is O=C(Nc1ccccc1Cl)C1N(CCCCCO)C(=O)[C@@H]2[C@H](C(=O)Nc3ccccc3)[C@H]3OC12CC3Br. The fraction of sp³-hybridized carbons (Fsp3) is 0.444. The number of fused-ring (bicyclic) bond motifs is 1. The Morgan fingerprint density at radius 1 is 1.05 bits per heavy atom. The number of alkyl halides is 1. The largest absolute Gasteiger partial charge is 0.396 e. The fourth-order valence-corrected chi connectivity index (χ4v) is 7.18. The van der Waals surface area contributed by atoms with Gasteiger partial charge in [-0.2, -0.15) is 0 Å². The first-order chi connectivity index (χ1) is 17.9. The quantitative estimate of drug-likeness (QED) is 0.304. The van der Waals surface area contributed by atoms with E-state index in [1.54, 1.807) is 41.3 Å². The third-order valence-electron chi connectivity index (χ3n) is 7.57. The van der Waals surface area contributed by atoms with Gasteiger partial charge >= 0.3 is 0 Å². The van der Waals surface area contributed by atoms with Gasteiger partial charge in [-0.1, -0.05) is 57.9 Å². The Morgan fingerprint density at radius 2 is 1.78 bits per heavy atom. The molecule has 196 valence electrons. The van der Waals surface area contributed by atoms with Crippen molar-refractivity contribution in [2.24, 2.45) is 11.8 Å². The minimum absolute atomic E-state index is 0.0642. The lowest BCUT2D eigenvalue weighted by Crippen LogP contribution is -2.54. The lowest BCUT2D eigenvalue weighted by atomic mass is 9.70. The van der Waals surface area contributed by atoms with Crippen LogP contribution in [0, 0.1) is 11.8 Å². The minimum atomic E-state index is -1.14. The highest BCUT2D eigenvalue weighted by Crippen LogP contribution is 2.60. The standard InChI is InChI=1S/C27H29BrClN3O5/c28-17-15-27-21(20(22(17)37-27)24(34)30-16-9-3-1-4-10-16)26(36)32(13-7-2-8-14-33)23(27)25(35)31-19-12-6-5-11-18(19)29/h1,3-6,9-12,17,20-23,33H,2,7-8,13-15H2,(H,30,34)(H,31,35)/t17?,20-,21-,22-,23?,27?/m0/s1. The number of unbranched alkanes of at least 4 members (excludes halogenated alkanes) is 2. The van der Waals surface area contributed by atoms with Crippen LogP contribution in [0.1, 0.15) is 25.7 Å². The Morgan fingerprint density at radius 3 is 2.51 bits per heavy atom. The van der Waals surface area contributed by atoms with Crippen LogP contribution < -0.4 is 10.6 Å². The number of hydrogen-bond donors (Lipinski definition) is 3. The average Bonchev–Trinajstić information content (AvgIpc) is 3.47. The number of ether oxygens (including phenoxy) is 1. The number of anilines is 2. The summed E-state index contributed by atoms with van der Waals surface area (Å²) in [5.74, 6) is -2.47. The molecule has 3 N–H and O–H groups in total. The minimum Gasteiger partial charge on any atom is -0.396 e. The first-order valence-electron chi connectivity index (χ1n) is 12.5. The van der Waals surface area contributed by atoms with Crippen molar-refractivity contribution in [1.82, 2.24) is 4.90 Å². The molecule has 3 aliphatic heterocycles. The highest BCUT2D eigenvalue weighted by atomic mass is 79.9. The first kappa shape index (κ1) is 26.2. The van der Waals surface area contributed by atoms with Gasteiger partial charge in [0.15, 0.2) is 0 Å². The molecule has 37 heavy (non-hydrogen) atoms. The van der Waals surface area contributed by atoms with Gasteiger partial charge in [-0.3, -0.25) is 14.4 Å². The summed E-state index contributed by atoms with van der Waals surface area (Å²) in [4.78, 5) is 42.7. The van der Waals surface area contributed by atoms with Crippen molar-refractivity contribution in [3.63, 3.8) is 0 Å². The molecule has 3 aliphatic rings. The molecule has 0 radical (unpaired) electrons. The molecule has 1 spiro atoms. The van der Waals surface area contributed by atoms with E-state index in [1.807, 2.05) is 18.2 Å². The molecule has 0 saturated carbocycles. The summed E-state index contributed by atoms with van der Waals surface area (Å²) in [6.45, 7) is 0.389. The number of halogens is 2. The number of aliphatic hydroxyl groups is 1. The van der Waals surface area contributed by atoms with E-state index in [2.05, 4.69) is 26.6 Å². The second kappa shape index (κ2) is 10.7. The average molecular weight is 591 g/mol. The van der Waals surface area contributed by atoms with Crippen LogP contribution in [0.3, 0.4) is 0 Å². The highest BCUT2D eigenvalue weighted by molar-refractivity contribution is 9.09. The van der Waals surface area contributed by atoms with Gasteiger partial charge in [-0.15, -0.1) is 0 Å². The van der Waals surface area contributed by atoms with E-state index in [4.69, 9.17) is 16.3 Å². The monoisotopic (exact) mass is 589 g/mol. The number of benzene rings is 2. The summed E-state index contributed by atoms with van der Waals surface area (Å²) >= 11 is 9.97. The van der Waals surface area contributed by atoms with Gasteiger partial charge in [0, 0.05) is 23.7 Å². The van der Waals surface area contributed by atoms with Crippen LogP contribution >= 0.6 is 27.5 Å². The molecule has 3 unspecified atom stereocenters. The Kier molecular flexibility index (Phi) is 7.58. The van der Waals surface area contributed by atoms with E-state index in [-0.39, 0.29) is 23.2 Å². The predicted molar refractivity (Wildman–Crippen MR) is 144 cm³/mol. The number of aliphatic hydroxyl groups excluding tert-OH is 1. The van der Waals surface area contributed by atoms with Crippen molar-refractivity contribution in [3.8, 4) is 0 Å². The molecular weight excluding hydrogens is 562 g/mol. The second-order valence-corrected chi connectivity index (χ2v) is 11.4. The zero-order valence-electron chi connectivity index (χ0n) is 20.1. The molecule has 2 aromatic rings. The van der Waals surface area contributed by atoms with Crippen molar-refractivity contribution in [1.29, 1.82) is 0 Å². The van der Waals surface area contributed by atoms with Crippen LogP contribution in [0.5, 0.6) is 0 Å². The van der Waals surface area contributed by atoms with E-state index in [1.165, 1.54) is 0 Å². The summed E-state index contributed by atoms with van der Waals surface area (Å²) in [5.41, 5.74) is -0.0607. The van der Waals surface area contributed by atoms with Gasteiger partial charge in [0.25, 0.3) is 0 Å². The molecule has 5 rings (SSSR count). The van der Waals surface area contributed by atoms with Crippen LogP contribution in [0.4, 0.5) is 11.4 Å². The summed E-state index contributed by atoms with van der Waals surface area (Å²) in [6.07, 6.45) is 1.82. The maximum Gasteiger partial charge on any atom is 0.250 e. The van der Waals surface area contributed by atoms with Gasteiger partial charge in [-0.25, -0.2) is 0 Å². The molecule has 8 nitrogen and oxygen atoms in total. The van der Waals surface area contributed by atoms with Crippen LogP contribution in [0.2, 0.25) is 5.02 Å². The van der Waals surface area contributed by atoms with E-state index in [0.717, 1.165) is 0 Å². The van der Waals surface area contributed by atoms with Crippen LogP contribution in [0.15, 0.2) is 54.6 Å². The molecule has 3 heterocycles. The van der Waals surface area contributed by atoms with Gasteiger partial charge in [-0.05, 0) is 49.9 Å². The number of amides is 3. The second-order valence-electron chi connectivity index (χ2n) is 9.80. The lowest BCUT2D eigenvalue weighted by Gasteiger charge is -2.34. The molecular formula is C27H29BrClN3O5. The van der Waals surface area contributed by atoms with Crippen molar-refractivity contribution in [3.05, 3.63) is 59.6 Å². The maximum atomic E-state index is 13.9. The van der Waals surface area contributed by atoms with Crippen LogP contribution in [-0.4, -0.2) is 63.5 Å². The molecule has 3 fully saturated rings. The Labute approximate surface area is 228 Å². The number of nitrogens with one attached hydrogen (secondary N) is 2. The number of carbonyl (C=O) groups excluding carboxylic acids is 3. The van der Waals surface area contributed by atoms with Gasteiger partial charge in [0.05, 0.1) is 28.6 Å². The highest BCUT2D eigenvalue weighted by Gasteiger charge is 2.76. The number of nitrogens with zero attached hydrogens (tertiary/aromatic N) is 1. The predicted octanol–water partition coefficient (Wildman–Crippen LogP) is 3.83. The van der Waals surface area contributed by atoms with Crippen LogP contribution in [-0.2, 0) is 19.1 Å². The number of likely N-dealkylation sites (tertiary alicyclic amines) is 1. The zero-order chi connectivity index (χ0) is 26.2. The maximum absolute atomic E-state index is 13.9. The summed E-state index contributed by atoms with van der Waals surface area (Å²) in [5, 5.41) is 15.4. The Balaban J connectivity index is 1.47. The topological polar surface area (TPSA) is 108 Å². The molecule has 0 aliphatic carbocycles. The Bertz CT molecular complexity index is 1180. The molecule has 3 amide bonds. The van der Waals surface area contributed by atoms with Crippen molar-refractivity contribution in [2.75, 3.05) is 23.8 Å². The van der Waals surface area contributed by atoms with Gasteiger partial charge in [0.2, 0.25) is 17.7 Å². The van der Waals surface area contributed by atoms with Crippen molar-refractivity contribution < 1.29 is 24.2 Å². The van der Waals surface area contributed by atoms with Crippen LogP contribution in [0.25, 0.3) is 0 Å². The molecule has 2 aromatic carbocycles. The molecule has 0 aromatic heterocycles. The third kappa shape index (κ3) is 4.67. The Hall–Kier alpha value is -2.46. The number of rotatable bonds is 9. The summed E-state index contributed by atoms with van der Waals surface area (Å²) < 4.78 is 6.49. The first-order valence-corrected chi connectivity index (χ1v) is 13.8. The third-order valence-corrected chi connectivity index (χ3v) is 8.74. The van der Waals surface area contributed by atoms with E-state index in [9.17, 15) is 19.5 Å². The van der Waals surface area contributed by atoms with Gasteiger partial charge in [0.1, 0.15) is 11.6 Å². The van der Waals surface area contributed by atoms with E-state index < -0.39 is 35.5 Å². The zero-order valence-corrected chi connectivity index (χ0v) is 22.5. The molecule has 3 saturated heterocycles. The molecule has 2 bridgehead atoms. The number of para-hydroxylation sites is 2. The molecule has 6 atom stereocenters. The number of carbonyl (C=O) groups is 3. The van der Waals surface area contributed by atoms with Crippen molar-refractivity contribution >= 4 is 56.6 Å². The van der Waals surface area contributed by atoms with E-state index >= 15 is 0 Å².